The van der Waals surface area contributed by atoms with Gasteiger partial charge in [0.25, 0.3) is 0 Å². The highest BCUT2D eigenvalue weighted by Gasteiger charge is 2.62. The SMILES string of the molecule is O=C1O[C@H]2[C@H](c3ccccc3)[C@H]3O[C@H]3C[C@@H]2N1[C@H](CO)c1ccccc1. The zero-order valence-corrected chi connectivity index (χ0v) is 14.3. The van der Waals surface area contributed by atoms with Crippen LogP contribution in [0.5, 0.6) is 0 Å². The largest absolute Gasteiger partial charge is 0.443 e. The van der Waals surface area contributed by atoms with E-state index < -0.39 is 6.04 Å². The summed E-state index contributed by atoms with van der Waals surface area (Å²) in [6.07, 6.45) is 0.453. The average molecular weight is 351 g/mol. The van der Waals surface area contributed by atoms with Crippen molar-refractivity contribution in [3.05, 3.63) is 71.8 Å². The third kappa shape index (κ3) is 2.42. The number of ether oxygens (including phenoxy) is 2. The highest BCUT2D eigenvalue weighted by atomic mass is 16.6. The maximum atomic E-state index is 12.8. The molecule has 0 aromatic heterocycles. The molecule has 3 aliphatic rings. The van der Waals surface area contributed by atoms with Crippen molar-refractivity contribution in [2.75, 3.05) is 6.61 Å². The zero-order chi connectivity index (χ0) is 17.7. The van der Waals surface area contributed by atoms with Crippen LogP contribution in [0.4, 0.5) is 4.79 Å². The van der Waals surface area contributed by atoms with Gasteiger partial charge in [-0.2, -0.15) is 0 Å². The monoisotopic (exact) mass is 351 g/mol. The Balaban J connectivity index is 1.49. The van der Waals surface area contributed by atoms with Crippen molar-refractivity contribution in [3.63, 3.8) is 0 Å². The van der Waals surface area contributed by atoms with Gasteiger partial charge < -0.3 is 14.6 Å². The average Bonchev–Trinajstić information content (AvgIpc) is 3.38. The molecule has 2 heterocycles. The van der Waals surface area contributed by atoms with E-state index >= 15 is 0 Å². The van der Waals surface area contributed by atoms with E-state index in [0.29, 0.717) is 0 Å². The van der Waals surface area contributed by atoms with Crippen LogP contribution in [-0.4, -0.2) is 47.1 Å². The number of benzene rings is 2. The van der Waals surface area contributed by atoms with E-state index in [-0.39, 0.29) is 43.0 Å². The lowest BCUT2D eigenvalue weighted by molar-refractivity contribution is 0.101. The second-order valence-electron chi connectivity index (χ2n) is 7.24. The second-order valence-corrected chi connectivity index (χ2v) is 7.24. The number of carbonyl (C=O) groups excluding carboxylic acids is 1. The van der Waals surface area contributed by atoms with Crippen molar-refractivity contribution in [1.82, 2.24) is 4.90 Å². The lowest BCUT2D eigenvalue weighted by atomic mass is 9.78. The van der Waals surface area contributed by atoms with Gasteiger partial charge in [0.05, 0.1) is 36.8 Å². The van der Waals surface area contributed by atoms with Gasteiger partial charge in [-0.1, -0.05) is 60.7 Å². The summed E-state index contributed by atoms with van der Waals surface area (Å²) in [5.41, 5.74) is 2.06. The Labute approximate surface area is 152 Å². The molecule has 1 amide bonds. The van der Waals surface area contributed by atoms with Gasteiger partial charge in [-0.3, -0.25) is 4.90 Å². The number of fused-ring (bicyclic) bond motifs is 2. The van der Waals surface area contributed by atoms with Crippen molar-refractivity contribution < 1.29 is 19.4 Å². The third-order valence-electron chi connectivity index (χ3n) is 5.87. The van der Waals surface area contributed by atoms with E-state index in [4.69, 9.17) is 9.47 Å². The van der Waals surface area contributed by atoms with Crippen LogP contribution in [0.25, 0.3) is 0 Å². The number of rotatable bonds is 4. The summed E-state index contributed by atoms with van der Waals surface area (Å²) in [4.78, 5) is 14.5. The maximum Gasteiger partial charge on any atom is 0.411 e. The molecule has 0 radical (unpaired) electrons. The molecule has 0 bridgehead atoms. The highest BCUT2D eigenvalue weighted by Crippen LogP contribution is 2.52. The van der Waals surface area contributed by atoms with Crippen LogP contribution in [0.15, 0.2) is 60.7 Å². The minimum atomic E-state index is -0.398. The first-order chi connectivity index (χ1) is 12.8. The van der Waals surface area contributed by atoms with Gasteiger partial charge in [-0.05, 0) is 11.1 Å². The first-order valence-electron chi connectivity index (χ1n) is 9.13. The molecule has 5 heteroatoms. The van der Waals surface area contributed by atoms with Crippen LogP contribution < -0.4 is 0 Å². The Morgan fingerprint density at radius 3 is 2.42 bits per heavy atom. The second kappa shape index (κ2) is 6.11. The van der Waals surface area contributed by atoms with Crippen LogP contribution in [0.3, 0.4) is 0 Å². The minimum absolute atomic E-state index is 0.0454. The standard InChI is InChI=1S/C21H21NO4/c23-12-16(13-7-3-1-4-8-13)22-15-11-17-20(25-17)18(19(15)26-21(22)24)14-9-5-2-6-10-14/h1-10,15-20,23H,11-12H2/t15-,16+,17-,18-,19+,20-/m0/s1. The number of hydrogen-bond acceptors (Lipinski definition) is 4. The topological polar surface area (TPSA) is 62.3 Å². The Hall–Kier alpha value is -2.37. The number of carbonyl (C=O) groups is 1. The van der Waals surface area contributed by atoms with Crippen LogP contribution in [0, 0.1) is 0 Å². The summed E-state index contributed by atoms with van der Waals surface area (Å²) >= 11 is 0. The van der Waals surface area contributed by atoms with Crippen LogP contribution in [0.2, 0.25) is 0 Å². The molecule has 0 unspecified atom stereocenters. The van der Waals surface area contributed by atoms with Crippen molar-refractivity contribution in [2.45, 2.75) is 42.7 Å². The van der Waals surface area contributed by atoms with Gasteiger partial charge >= 0.3 is 6.09 Å². The fraction of sp³-hybridized carbons (Fsp3) is 0.381. The molecule has 1 aliphatic carbocycles. The molecule has 6 atom stereocenters. The molecule has 2 aromatic carbocycles. The van der Waals surface area contributed by atoms with Crippen LogP contribution >= 0.6 is 0 Å². The smallest absolute Gasteiger partial charge is 0.411 e. The van der Waals surface area contributed by atoms with Gasteiger partial charge in [0.15, 0.2) is 0 Å². The quantitative estimate of drug-likeness (QED) is 0.861. The molecule has 0 spiro atoms. The maximum absolute atomic E-state index is 12.8. The van der Waals surface area contributed by atoms with Crippen molar-refractivity contribution in [2.24, 2.45) is 0 Å². The number of aliphatic hydroxyl groups is 1. The lowest BCUT2D eigenvalue weighted by Gasteiger charge is -2.35. The number of nitrogens with zero attached hydrogens (tertiary/aromatic N) is 1. The number of amides is 1. The molecular formula is C21H21NO4. The summed E-state index contributed by atoms with van der Waals surface area (Å²) in [7, 11) is 0. The predicted molar refractivity (Wildman–Crippen MR) is 94.6 cm³/mol. The Morgan fingerprint density at radius 2 is 1.73 bits per heavy atom. The zero-order valence-electron chi connectivity index (χ0n) is 14.3. The first kappa shape index (κ1) is 15.9. The van der Waals surface area contributed by atoms with E-state index in [2.05, 4.69) is 12.1 Å². The van der Waals surface area contributed by atoms with E-state index in [1.807, 2.05) is 48.5 Å². The summed E-state index contributed by atoms with van der Waals surface area (Å²) in [6.45, 7) is -0.132. The summed E-state index contributed by atoms with van der Waals surface area (Å²) < 4.78 is 11.7. The summed E-state index contributed by atoms with van der Waals surface area (Å²) in [6, 6.07) is 19.3. The van der Waals surface area contributed by atoms with E-state index in [1.54, 1.807) is 4.90 Å². The third-order valence-corrected chi connectivity index (χ3v) is 5.87. The normalized spacial score (nSPS) is 33.2. The van der Waals surface area contributed by atoms with Gasteiger partial charge in [-0.15, -0.1) is 0 Å². The Morgan fingerprint density at radius 1 is 1.04 bits per heavy atom. The molecule has 5 rings (SSSR count). The lowest BCUT2D eigenvalue weighted by Crippen LogP contribution is -2.46. The molecule has 5 nitrogen and oxygen atoms in total. The number of hydrogen-bond donors (Lipinski definition) is 1. The van der Waals surface area contributed by atoms with Gasteiger partial charge in [0.2, 0.25) is 0 Å². The molecule has 3 fully saturated rings. The van der Waals surface area contributed by atoms with E-state index in [0.717, 1.165) is 17.5 Å². The molecule has 1 N–H and O–H groups in total. The molecule has 2 aliphatic heterocycles. The fourth-order valence-corrected chi connectivity index (χ4v) is 4.64. The molecular weight excluding hydrogens is 330 g/mol. The van der Waals surface area contributed by atoms with Crippen LogP contribution in [0.1, 0.15) is 29.5 Å². The van der Waals surface area contributed by atoms with Gasteiger partial charge in [0, 0.05) is 6.42 Å². The first-order valence-corrected chi connectivity index (χ1v) is 9.13. The summed E-state index contributed by atoms with van der Waals surface area (Å²) in [5, 5.41) is 10.0. The number of aliphatic hydroxyl groups excluding tert-OH is 1. The molecule has 1 saturated carbocycles. The minimum Gasteiger partial charge on any atom is -0.443 e. The molecule has 134 valence electrons. The molecule has 26 heavy (non-hydrogen) atoms. The van der Waals surface area contributed by atoms with Gasteiger partial charge in [0.1, 0.15) is 6.10 Å². The van der Waals surface area contributed by atoms with Crippen molar-refractivity contribution in [3.8, 4) is 0 Å². The predicted octanol–water partition coefficient (Wildman–Crippen LogP) is 2.86. The Bertz CT molecular complexity index is 796. The molecule has 2 aromatic rings. The summed E-state index contributed by atoms with van der Waals surface area (Å²) in [5.74, 6) is 0.0454. The van der Waals surface area contributed by atoms with E-state index in [1.165, 1.54) is 0 Å². The van der Waals surface area contributed by atoms with E-state index in [9.17, 15) is 9.90 Å². The van der Waals surface area contributed by atoms with Crippen molar-refractivity contribution >= 4 is 6.09 Å². The highest BCUT2D eigenvalue weighted by molar-refractivity contribution is 5.72. The van der Waals surface area contributed by atoms with Gasteiger partial charge in [-0.25, -0.2) is 4.79 Å². The Kier molecular flexibility index (Phi) is 3.72. The van der Waals surface area contributed by atoms with Crippen LogP contribution in [-0.2, 0) is 9.47 Å². The molecule has 2 saturated heterocycles. The number of epoxide rings is 1. The fourth-order valence-electron chi connectivity index (χ4n) is 4.64. The van der Waals surface area contributed by atoms with Crippen molar-refractivity contribution in [1.29, 1.82) is 0 Å².